The lowest BCUT2D eigenvalue weighted by Gasteiger charge is -2.29. The van der Waals surface area contributed by atoms with Crippen LogP contribution in [0.3, 0.4) is 0 Å². The molecule has 3 atom stereocenters. The normalized spacial score (nSPS) is 24.8. The molecule has 6 heteroatoms. The van der Waals surface area contributed by atoms with E-state index >= 15 is 0 Å². The molecular weight excluding hydrogens is 256 g/mol. The fraction of sp³-hybridized carbons (Fsp3) is 0.462. The number of nitrogens with zero attached hydrogens (tertiary/aromatic N) is 1. The SMILES string of the molecule is COC(C(F)F)C1CC(O)OC(c2ccccc2)=N1. The third-order valence-electron chi connectivity index (χ3n) is 2.89. The van der Waals surface area contributed by atoms with Crippen LogP contribution in [-0.4, -0.2) is 43.0 Å². The zero-order chi connectivity index (χ0) is 13.8. The Bertz CT molecular complexity index is 439. The Morgan fingerprint density at radius 3 is 2.63 bits per heavy atom. The number of ether oxygens (including phenoxy) is 2. The zero-order valence-electron chi connectivity index (χ0n) is 10.4. The summed E-state index contributed by atoms with van der Waals surface area (Å²) in [5.74, 6) is 0.159. The molecule has 0 saturated heterocycles. The average Bonchev–Trinajstić information content (AvgIpc) is 2.39. The molecule has 1 N–H and O–H groups in total. The Kier molecular flexibility index (Phi) is 4.44. The molecule has 0 fully saturated rings. The summed E-state index contributed by atoms with van der Waals surface area (Å²) in [6.07, 6.45) is -5.19. The van der Waals surface area contributed by atoms with Gasteiger partial charge in [-0.05, 0) is 12.1 Å². The Balaban J connectivity index is 2.26. The topological polar surface area (TPSA) is 51.0 Å². The third kappa shape index (κ3) is 3.27. The molecule has 1 aromatic carbocycles. The van der Waals surface area contributed by atoms with Gasteiger partial charge in [0, 0.05) is 19.1 Å². The molecule has 0 amide bonds. The highest BCUT2D eigenvalue weighted by Crippen LogP contribution is 2.23. The quantitative estimate of drug-likeness (QED) is 0.908. The molecule has 1 aliphatic rings. The molecule has 4 nitrogen and oxygen atoms in total. The fourth-order valence-electron chi connectivity index (χ4n) is 1.98. The van der Waals surface area contributed by atoms with Crippen molar-refractivity contribution < 1.29 is 23.4 Å². The molecular formula is C13H15F2NO3. The summed E-state index contributed by atoms with van der Waals surface area (Å²) >= 11 is 0. The van der Waals surface area contributed by atoms with Crippen LogP contribution in [0.4, 0.5) is 8.78 Å². The van der Waals surface area contributed by atoms with Gasteiger partial charge in [-0.2, -0.15) is 0 Å². The van der Waals surface area contributed by atoms with Gasteiger partial charge in [0.1, 0.15) is 6.10 Å². The number of aliphatic hydroxyl groups is 1. The van der Waals surface area contributed by atoms with E-state index in [1.54, 1.807) is 24.3 Å². The molecule has 1 aromatic rings. The minimum atomic E-state index is -2.67. The van der Waals surface area contributed by atoms with E-state index in [1.165, 1.54) is 7.11 Å². The van der Waals surface area contributed by atoms with Crippen molar-refractivity contribution in [2.75, 3.05) is 7.11 Å². The summed E-state index contributed by atoms with van der Waals surface area (Å²) in [5, 5.41) is 9.63. The van der Waals surface area contributed by atoms with Crippen LogP contribution in [0.25, 0.3) is 0 Å². The zero-order valence-corrected chi connectivity index (χ0v) is 10.4. The van der Waals surface area contributed by atoms with Gasteiger partial charge in [-0.1, -0.05) is 18.2 Å². The Morgan fingerprint density at radius 1 is 1.37 bits per heavy atom. The highest BCUT2D eigenvalue weighted by molar-refractivity contribution is 5.94. The summed E-state index contributed by atoms with van der Waals surface area (Å²) < 4.78 is 35.6. The first kappa shape index (κ1) is 13.9. The molecule has 104 valence electrons. The minimum Gasteiger partial charge on any atom is -0.448 e. The maximum atomic E-state index is 12.8. The molecule has 3 unspecified atom stereocenters. The van der Waals surface area contributed by atoms with E-state index in [4.69, 9.17) is 9.47 Å². The average molecular weight is 271 g/mol. The number of hydrogen-bond donors (Lipinski definition) is 1. The van der Waals surface area contributed by atoms with E-state index in [-0.39, 0.29) is 12.3 Å². The van der Waals surface area contributed by atoms with Crippen LogP contribution >= 0.6 is 0 Å². The number of rotatable bonds is 4. The smallest absolute Gasteiger partial charge is 0.266 e. The van der Waals surface area contributed by atoms with E-state index in [9.17, 15) is 13.9 Å². The van der Waals surface area contributed by atoms with Crippen molar-refractivity contribution in [2.24, 2.45) is 4.99 Å². The second-order valence-corrected chi connectivity index (χ2v) is 4.21. The van der Waals surface area contributed by atoms with Gasteiger partial charge in [-0.3, -0.25) is 0 Å². The maximum Gasteiger partial charge on any atom is 0.266 e. The summed E-state index contributed by atoms with van der Waals surface area (Å²) in [6, 6.07) is 8.01. The first-order chi connectivity index (χ1) is 9.11. The molecule has 0 radical (unpaired) electrons. The number of methoxy groups -OCH3 is 1. The van der Waals surface area contributed by atoms with Crippen LogP contribution in [-0.2, 0) is 9.47 Å². The van der Waals surface area contributed by atoms with E-state index in [0.29, 0.717) is 5.56 Å². The van der Waals surface area contributed by atoms with Crippen molar-refractivity contribution in [2.45, 2.75) is 31.3 Å². The van der Waals surface area contributed by atoms with Crippen molar-refractivity contribution in [3.8, 4) is 0 Å². The van der Waals surface area contributed by atoms with Crippen LogP contribution in [0, 0.1) is 0 Å². The van der Waals surface area contributed by atoms with Crippen molar-refractivity contribution in [3.63, 3.8) is 0 Å². The predicted octanol–water partition coefficient (Wildman–Crippen LogP) is 1.82. The summed E-state index contributed by atoms with van der Waals surface area (Å²) in [7, 11) is 1.20. The number of aliphatic imine (C=N–C) groups is 1. The maximum absolute atomic E-state index is 12.8. The van der Waals surface area contributed by atoms with Crippen molar-refractivity contribution in [1.29, 1.82) is 0 Å². The Morgan fingerprint density at radius 2 is 2.05 bits per heavy atom. The van der Waals surface area contributed by atoms with Gasteiger partial charge in [0.25, 0.3) is 6.43 Å². The minimum absolute atomic E-state index is 0.0147. The molecule has 19 heavy (non-hydrogen) atoms. The van der Waals surface area contributed by atoms with Crippen LogP contribution in [0.1, 0.15) is 12.0 Å². The van der Waals surface area contributed by atoms with Gasteiger partial charge in [0.2, 0.25) is 12.2 Å². The lowest BCUT2D eigenvalue weighted by Crippen LogP contribution is -2.41. The second-order valence-electron chi connectivity index (χ2n) is 4.21. The Hall–Kier alpha value is -1.53. The first-order valence-electron chi connectivity index (χ1n) is 5.90. The third-order valence-corrected chi connectivity index (χ3v) is 2.89. The van der Waals surface area contributed by atoms with Crippen LogP contribution in [0.2, 0.25) is 0 Å². The number of aliphatic hydroxyl groups excluding tert-OH is 1. The first-order valence-corrected chi connectivity index (χ1v) is 5.90. The summed E-state index contributed by atoms with van der Waals surface area (Å²) in [6.45, 7) is 0. The molecule has 0 spiro atoms. The fourth-order valence-corrected chi connectivity index (χ4v) is 1.98. The van der Waals surface area contributed by atoms with Crippen molar-refractivity contribution in [1.82, 2.24) is 0 Å². The molecule has 1 heterocycles. The standard InChI is InChI=1S/C13H15F2NO3/c1-18-11(12(14)15)9-7-10(17)19-13(16-9)8-5-3-2-4-6-8/h2-6,9-12,17H,7H2,1H3. The second kappa shape index (κ2) is 6.08. The van der Waals surface area contributed by atoms with Crippen LogP contribution in [0.15, 0.2) is 35.3 Å². The van der Waals surface area contributed by atoms with Gasteiger partial charge in [-0.25, -0.2) is 13.8 Å². The molecule has 1 aliphatic heterocycles. The largest absolute Gasteiger partial charge is 0.448 e. The predicted molar refractivity (Wildman–Crippen MR) is 65.3 cm³/mol. The molecule has 2 rings (SSSR count). The number of alkyl halides is 2. The van der Waals surface area contributed by atoms with E-state index < -0.39 is 24.9 Å². The lowest BCUT2D eigenvalue weighted by molar-refractivity contribution is -0.0898. The lowest BCUT2D eigenvalue weighted by atomic mass is 10.1. The molecule has 0 aromatic heterocycles. The highest BCUT2D eigenvalue weighted by Gasteiger charge is 2.35. The van der Waals surface area contributed by atoms with Gasteiger partial charge in [0.05, 0.1) is 6.04 Å². The van der Waals surface area contributed by atoms with Crippen molar-refractivity contribution >= 4 is 5.90 Å². The molecule has 0 bridgehead atoms. The molecule has 0 saturated carbocycles. The van der Waals surface area contributed by atoms with E-state index in [0.717, 1.165) is 0 Å². The van der Waals surface area contributed by atoms with Crippen LogP contribution in [0.5, 0.6) is 0 Å². The molecule has 0 aliphatic carbocycles. The summed E-state index contributed by atoms with van der Waals surface area (Å²) in [4.78, 5) is 4.12. The number of halogens is 2. The number of benzene rings is 1. The van der Waals surface area contributed by atoms with Gasteiger partial charge in [-0.15, -0.1) is 0 Å². The number of hydrogen-bond acceptors (Lipinski definition) is 4. The summed E-state index contributed by atoms with van der Waals surface area (Å²) in [5.41, 5.74) is 0.635. The highest BCUT2D eigenvalue weighted by atomic mass is 19.3. The van der Waals surface area contributed by atoms with E-state index in [2.05, 4.69) is 4.99 Å². The monoisotopic (exact) mass is 271 g/mol. The van der Waals surface area contributed by atoms with Gasteiger partial charge in [0.15, 0.2) is 0 Å². The van der Waals surface area contributed by atoms with Gasteiger partial charge < -0.3 is 14.6 Å². The van der Waals surface area contributed by atoms with Crippen molar-refractivity contribution in [3.05, 3.63) is 35.9 Å². The van der Waals surface area contributed by atoms with E-state index in [1.807, 2.05) is 6.07 Å². The Labute approximate surface area is 109 Å². The van der Waals surface area contributed by atoms with Gasteiger partial charge >= 0.3 is 0 Å². The van der Waals surface area contributed by atoms with Crippen LogP contribution < -0.4 is 0 Å².